The van der Waals surface area contributed by atoms with Crippen LogP contribution in [-0.4, -0.2) is 16.6 Å². The van der Waals surface area contributed by atoms with Gasteiger partial charge >= 0.3 is 0 Å². The van der Waals surface area contributed by atoms with Crippen LogP contribution in [0.3, 0.4) is 0 Å². The van der Waals surface area contributed by atoms with Gasteiger partial charge in [-0.15, -0.1) is 0 Å². The van der Waals surface area contributed by atoms with Crippen molar-refractivity contribution in [1.82, 2.24) is 9.55 Å². The Balaban J connectivity index is 2.18. The fourth-order valence-electron chi connectivity index (χ4n) is 1.98. The molecule has 5 heteroatoms. The van der Waals surface area contributed by atoms with E-state index in [-0.39, 0.29) is 6.04 Å². The van der Waals surface area contributed by atoms with Crippen molar-refractivity contribution in [1.29, 1.82) is 0 Å². The number of benzene rings is 1. The third-order valence-electron chi connectivity index (χ3n) is 3.21. The first kappa shape index (κ1) is 14.1. The lowest BCUT2D eigenvalue weighted by Gasteiger charge is -2.20. The molecule has 0 bridgehead atoms. The lowest BCUT2D eigenvalue weighted by atomic mass is 10.1. The average Bonchev–Trinajstić information content (AvgIpc) is 2.74. The first-order valence-corrected chi connectivity index (χ1v) is 7.00. The van der Waals surface area contributed by atoms with Gasteiger partial charge in [-0.1, -0.05) is 22.0 Å². The van der Waals surface area contributed by atoms with E-state index in [1.165, 1.54) is 0 Å². The number of aromatic nitrogens is 2. The van der Waals surface area contributed by atoms with Gasteiger partial charge in [-0.05, 0) is 24.6 Å². The summed E-state index contributed by atoms with van der Waals surface area (Å²) in [6.45, 7) is 2.75. The van der Waals surface area contributed by atoms with Gasteiger partial charge in [-0.25, -0.2) is 4.98 Å². The maximum Gasteiger partial charge on any atom is 0.127 e. The van der Waals surface area contributed by atoms with E-state index in [4.69, 9.17) is 5.73 Å². The molecule has 19 heavy (non-hydrogen) atoms. The van der Waals surface area contributed by atoms with Crippen LogP contribution in [0.25, 0.3) is 0 Å². The summed E-state index contributed by atoms with van der Waals surface area (Å²) in [5.41, 5.74) is 8.17. The number of hydrogen-bond acceptors (Lipinski definition) is 3. The maximum absolute atomic E-state index is 5.91. The molecule has 0 aliphatic carbocycles. The van der Waals surface area contributed by atoms with E-state index in [2.05, 4.69) is 51.1 Å². The molecule has 0 unspecified atom stereocenters. The standard InChI is InChI=1S/C14H19BrN4/c1-10(16)12-5-4-11(8-13(12)15)19(3)9-14-17-6-7-18(14)2/h4-8,10H,9,16H2,1-3H3/t10-/m0/s1. The number of nitrogens with two attached hydrogens (primary N) is 1. The Labute approximate surface area is 122 Å². The minimum absolute atomic E-state index is 0.0308. The lowest BCUT2D eigenvalue weighted by molar-refractivity contribution is 0.760. The van der Waals surface area contributed by atoms with Crippen LogP contribution >= 0.6 is 15.9 Å². The summed E-state index contributed by atoms with van der Waals surface area (Å²) >= 11 is 3.58. The van der Waals surface area contributed by atoms with Crippen LogP contribution in [0.15, 0.2) is 35.1 Å². The minimum Gasteiger partial charge on any atom is -0.367 e. The second kappa shape index (κ2) is 5.75. The molecule has 0 fully saturated rings. The summed E-state index contributed by atoms with van der Waals surface area (Å²) in [5, 5.41) is 0. The smallest absolute Gasteiger partial charge is 0.127 e. The van der Waals surface area contributed by atoms with E-state index >= 15 is 0 Å². The summed E-state index contributed by atoms with van der Waals surface area (Å²) in [4.78, 5) is 6.50. The highest BCUT2D eigenvalue weighted by atomic mass is 79.9. The highest BCUT2D eigenvalue weighted by molar-refractivity contribution is 9.10. The Morgan fingerprint density at radius 2 is 2.21 bits per heavy atom. The Morgan fingerprint density at radius 1 is 1.47 bits per heavy atom. The molecule has 2 rings (SSSR count). The van der Waals surface area contributed by atoms with Crippen LogP contribution < -0.4 is 10.6 Å². The molecule has 0 saturated carbocycles. The molecule has 1 heterocycles. The van der Waals surface area contributed by atoms with E-state index in [0.717, 1.165) is 28.1 Å². The third kappa shape index (κ3) is 3.16. The SMILES string of the molecule is C[C@H](N)c1ccc(N(C)Cc2nccn2C)cc1Br. The van der Waals surface area contributed by atoms with Crippen LogP contribution in [0, 0.1) is 0 Å². The normalized spacial score (nSPS) is 12.5. The molecule has 102 valence electrons. The van der Waals surface area contributed by atoms with Crippen molar-refractivity contribution in [3.63, 3.8) is 0 Å². The highest BCUT2D eigenvalue weighted by Crippen LogP contribution is 2.27. The summed E-state index contributed by atoms with van der Waals surface area (Å²) in [5.74, 6) is 1.04. The number of nitrogens with zero attached hydrogens (tertiary/aromatic N) is 3. The van der Waals surface area contributed by atoms with E-state index in [9.17, 15) is 0 Å². The van der Waals surface area contributed by atoms with Crippen molar-refractivity contribution in [2.75, 3.05) is 11.9 Å². The first-order chi connectivity index (χ1) is 8.99. The van der Waals surface area contributed by atoms with Gasteiger partial charge in [-0.2, -0.15) is 0 Å². The number of imidazole rings is 1. The monoisotopic (exact) mass is 322 g/mol. The summed E-state index contributed by atoms with van der Waals surface area (Å²) in [6.07, 6.45) is 3.77. The molecule has 0 amide bonds. The Hall–Kier alpha value is -1.33. The molecule has 2 aromatic rings. The molecular weight excluding hydrogens is 304 g/mol. The van der Waals surface area contributed by atoms with Gasteiger partial charge in [0.1, 0.15) is 5.82 Å². The molecule has 2 N–H and O–H groups in total. The maximum atomic E-state index is 5.91. The molecule has 1 aromatic heterocycles. The predicted octanol–water partition coefficient (Wildman–Crippen LogP) is 2.84. The summed E-state index contributed by atoms with van der Waals surface area (Å²) < 4.78 is 3.08. The van der Waals surface area contributed by atoms with E-state index in [1.807, 2.05) is 30.9 Å². The predicted molar refractivity (Wildman–Crippen MR) is 82.1 cm³/mol. The molecule has 4 nitrogen and oxygen atoms in total. The van der Waals surface area contributed by atoms with Gasteiger partial charge in [-0.3, -0.25) is 0 Å². The summed E-state index contributed by atoms with van der Waals surface area (Å²) in [7, 11) is 4.06. The fourth-order valence-corrected chi connectivity index (χ4v) is 2.70. The highest BCUT2D eigenvalue weighted by Gasteiger charge is 2.09. The quantitative estimate of drug-likeness (QED) is 0.941. The van der Waals surface area contributed by atoms with Crippen LogP contribution in [0.4, 0.5) is 5.69 Å². The number of aryl methyl sites for hydroxylation is 1. The molecular formula is C14H19BrN4. The molecule has 1 atom stereocenters. The summed E-state index contributed by atoms with van der Waals surface area (Å²) in [6, 6.07) is 6.29. The van der Waals surface area contributed by atoms with Crippen LogP contribution in [0.2, 0.25) is 0 Å². The second-order valence-electron chi connectivity index (χ2n) is 4.80. The average molecular weight is 323 g/mol. The second-order valence-corrected chi connectivity index (χ2v) is 5.66. The molecule has 0 radical (unpaired) electrons. The molecule has 0 aliphatic heterocycles. The van der Waals surface area contributed by atoms with Crippen LogP contribution in [-0.2, 0) is 13.6 Å². The Bertz CT molecular complexity index is 562. The number of halogens is 1. The molecule has 0 spiro atoms. The zero-order valence-electron chi connectivity index (χ0n) is 11.5. The minimum atomic E-state index is 0.0308. The van der Waals surface area contributed by atoms with Gasteiger partial charge in [0, 0.05) is 42.7 Å². The Morgan fingerprint density at radius 3 is 2.74 bits per heavy atom. The van der Waals surface area contributed by atoms with E-state index in [0.29, 0.717) is 0 Å². The lowest BCUT2D eigenvalue weighted by Crippen LogP contribution is -2.19. The number of hydrogen-bond donors (Lipinski definition) is 1. The van der Waals surface area contributed by atoms with Gasteiger partial charge in [0.2, 0.25) is 0 Å². The van der Waals surface area contributed by atoms with E-state index < -0.39 is 0 Å². The Kier molecular flexibility index (Phi) is 4.27. The van der Waals surface area contributed by atoms with Crippen LogP contribution in [0.1, 0.15) is 24.4 Å². The van der Waals surface area contributed by atoms with E-state index in [1.54, 1.807) is 0 Å². The third-order valence-corrected chi connectivity index (χ3v) is 3.90. The zero-order valence-corrected chi connectivity index (χ0v) is 13.1. The van der Waals surface area contributed by atoms with Gasteiger partial charge in [0.15, 0.2) is 0 Å². The van der Waals surface area contributed by atoms with Crippen molar-refractivity contribution in [2.24, 2.45) is 12.8 Å². The first-order valence-electron chi connectivity index (χ1n) is 6.21. The van der Waals surface area contributed by atoms with Crippen molar-refractivity contribution in [3.8, 4) is 0 Å². The molecule has 0 aliphatic rings. The molecule has 1 aromatic carbocycles. The van der Waals surface area contributed by atoms with Crippen molar-refractivity contribution >= 4 is 21.6 Å². The van der Waals surface area contributed by atoms with Crippen molar-refractivity contribution < 1.29 is 0 Å². The molecule has 0 saturated heterocycles. The topological polar surface area (TPSA) is 47.1 Å². The zero-order chi connectivity index (χ0) is 14.0. The van der Waals surface area contributed by atoms with Gasteiger partial charge in [0.05, 0.1) is 6.54 Å². The fraction of sp³-hybridized carbons (Fsp3) is 0.357. The van der Waals surface area contributed by atoms with Crippen LogP contribution in [0.5, 0.6) is 0 Å². The van der Waals surface area contributed by atoms with Gasteiger partial charge < -0.3 is 15.2 Å². The number of anilines is 1. The van der Waals surface area contributed by atoms with Gasteiger partial charge in [0.25, 0.3) is 0 Å². The van der Waals surface area contributed by atoms with Crippen molar-refractivity contribution in [2.45, 2.75) is 19.5 Å². The van der Waals surface area contributed by atoms with Crippen molar-refractivity contribution in [3.05, 3.63) is 46.5 Å². The number of rotatable bonds is 4. The largest absolute Gasteiger partial charge is 0.367 e.